The van der Waals surface area contributed by atoms with E-state index in [0.29, 0.717) is 6.61 Å². The van der Waals surface area contributed by atoms with Crippen LogP contribution < -0.4 is 4.74 Å². The van der Waals surface area contributed by atoms with Crippen LogP contribution in [0.1, 0.15) is 34.0 Å². The van der Waals surface area contributed by atoms with Crippen molar-refractivity contribution in [1.29, 1.82) is 0 Å². The lowest BCUT2D eigenvalue weighted by molar-refractivity contribution is 0.0697. The van der Waals surface area contributed by atoms with Crippen LogP contribution in [0.15, 0.2) is 89.9 Å². The van der Waals surface area contributed by atoms with Crippen molar-refractivity contribution in [2.75, 3.05) is 0 Å². The Kier molecular flexibility index (Phi) is 6.08. The second-order valence-corrected chi connectivity index (χ2v) is 7.27. The molecule has 154 valence electrons. The quantitative estimate of drug-likeness (QED) is 0.358. The van der Waals surface area contributed by atoms with Crippen LogP contribution in [0, 0.1) is 0 Å². The molecule has 0 saturated carbocycles. The predicted molar refractivity (Wildman–Crippen MR) is 125 cm³/mol. The first-order valence-electron chi connectivity index (χ1n) is 10.2. The molecule has 4 rings (SSSR count). The zero-order valence-corrected chi connectivity index (χ0v) is 17.3. The summed E-state index contributed by atoms with van der Waals surface area (Å²) in [5, 5.41) is 11.2. The van der Waals surface area contributed by atoms with E-state index in [2.05, 4.69) is 36.2 Å². The summed E-state index contributed by atoms with van der Waals surface area (Å²) in [6.45, 7) is 2.47. The largest absolute Gasteiger partial charge is 0.488 e. The van der Waals surface area contributed by atoms with Crippen LogP contribution in [0.2, 0.25) is 0 Å². The fourth-order valence-electron chi connectivity index (χ4n) is 3.40. The van der Waals surface area contributed by atoms with E-state index >= 15 is 0 Å². The van der Waals surface area contributed by atoms with Crippen molar-refractivity contribution in [2.45, 2.75) is 20.0 Å². The summed E-state index contributed by atoms with van der Waals surface area (Å²) in [5.74, 6) is -0.206. The van der Waals surface area contributed by atoms with Crippen LogP contribution in [0.25, 0.3) is 10.8 Å². The van der Waals surface area contributed by atoms with Crippen LogP contribution in [0.3, 0.4) is 0 Å². The number of carbonyl (C=O) groups is 1. The van der Waals surface area contributed by atoms with Crippen molar-refractivity contribution in [3.05, 3.63) is 107 Å². The van der Waals surface area contributed by atoms with Crippen molar-refractivity contribution in [1.82, 2.24) is 0 Å². The predicted octanol–water partition coefficient (Wildman–Crippen LogP) is 6.43. The first kappa shape index (κ1) is 20.4. The summed E-state index contributed by atoms with van der Waals surface area (Å²) in [5.41, 5.74) is 4.25. The van der Waals surface area contributed by atoms with Gasteiger partial charge in [0.2, 0.25) is 0 Å². The minimum Gasteiger partial charge on any atom is -0.488 e. The minimum absolute atomic E-state index is 0.261. The summed E-state index contributed by atoms with van der Waals surface area (Å²) in [6.07, 6.45) is 2.85. The standard InChI is InChI=1S/C27H23NO3/c1-2-19-9-14-23(15-10-19)28-17-25-24-6-4-3-5-21(24)13-16-26(25)31-18-20-7-11-22(12-8-20)27(29)30/h3-17H,2,18H2,1H3,(H,29,30). The van der Waals surface area contributed by atoms with Gasteiger partial charge in [-0.1, -0.05) is 61.5 Å². The number of carboxylic acids is 1. The van der Waals surface area contributed by atoms with Gasteiger partial charge in [-0.2, -0.15) is 0 Å². The molecule has 0 amide bonds. The third-order valence-electron chi connectivity index (χ3n) is 5.21. The topological polar surface area (TPSA) is 58.9 Å². The fourth-order valence-corrected chi connectivity index (χ4v) is 3.40. The lowest BCUT2D eigenvalue weighted by Gasteiger charge is -2.12. The Bertz CT molecular complexity index is 1230. The Balaban J connectivity index is 1.63. The van der Waals surface area contributed by atoms with Crippen LogP contribution in [0.5, 0.6) is 5.75 Å². The molecule has 0 bridgehead atoms. The number of aryl methyl sites for hydroxylation is 1. The van der Waals surface area contributed by atoms with Crippen molar-refractivity contribution in [3.8, 4) is 5.75 Å². The van der Waals surface area contributed by atoms with Crippen LogP contribution >= 0.6 is 0 Å². The van der Waals surface area contributed by atoms with Crippen LogP contribution in [-0.2, 0) is 13.0 Å². The fraction of sp³-hybridized carbons (Fsp3) is 0.111. The highest BCUT2D eigenvalue weighted by Gasteiger charge is 2.08. The van der Waals surface area contributed by atoms with Gasteiger partial charge in [-0.05, 0) is 58.7 Å². The lowest BCUT2D eigenvalue weighted by atomic mass is 10.0. The molecule has 4 aromatic carbocycles. The van der Waals surface area contributed by atoms with Gasteiger partial charge < -0.3 is 9.84 Å². The monoisotopic (exact) mass is 409 g/mol. The number of aliphatic imine (C=N–C) groups is 1. The Morgan fingerprint density at radius 3 is 2.32 bits per heavy atom. The molecule has 0 spiro atoms. The van der Waals surface area contributed by atoms with Crippen molar-refractivity contribution >= 4 is 28.6 Å². The molecule has 0 aromatic heterocycles. The van der Waals surface area contributed by atoms with Crippen molar-refractivity contribution in [2.24, 2.45) is 4.99 Å². The molecule has 0 aliphatic rings. The molecule has 0 aliphatic carbocycles. The maximum Gasteiger partial charge on any atom is 0.335 e. The van der Waals surface area contributed by atoms with E-state index in [9.17, 15) is 4.79 Å². The molecular weight excluding hydrogens is 386 g/mol. The first-order chi connectivity index (χ1) is 15.1. The zero-order valence-electron chi connectivity index (χ0n) is 17.3. The maximum atomic E-state index is 11.0. The third kappa shape index (κ3) is 4.81. The Hall–Kier alpha value is -3.92. The van der Waals surface area contributed by atoms with Gasteiger partial charge in [-0.15, -0.1) is 0 Å². The first-order valence-corrected chi connectivity index (χ1v) is 10.2. The van der Waals surface area contributed by atoms with Gasteiger partial charge in [0.15, 0.2) is 0 Å². The molecular formula is C27H23NO3. The highest BCUT2D eigenvalue weighted by atomic mass is 16.5. The summed E-state index contributed by atoms with van der Waals surface area (Å²) >= 11 is 0. The lowest BCUT2D eigenvalue weighted by Crippen LogP contribution is -2.01. The van der Waals surface area contributed by atoms with E-state index in [1.165, 1.54) is 5.56 Å². The molecule has 4 aromatic rings. The number of aromatic carboxylic acids is 1. The van der Waals surface area contributed by atoms with Gasteiger partial charge in [0.05, 0.1) is 11.3 Å². The number of hydrogen-bond donors (Lipinski definition) is 1. The van der Waals surface area contributed by atoms with Crippen molar-refractivity contribution in [3.63, 3.8) is 0 Å². The molecule has 4 heteroatoms. The number of rotatable bonds is 7. The molecule has 0 aliphatic heterocycles. The minimum atomic E-state index is -0.938. The number of hydrogen-bond acceptors (Lipinski definition) is 3. The molecule has 31 heavy (non-hydrogen) atoms. The molecule has 0 radical (unpaired) electrons. The molecule has 0 fully saturated rings. The SMILES string of the molecule is CCc1ccc(N=Cc2c(OCc3ccc(C(=O)O)cc3)ccc3ccccc23)cc1. The average Bonchev–Trinajstić information content (AvgIpc) is 2.82. The van der Waals surface area contributed by atoms with Crippen LogP contribution in [-0.4, -0.2) is 17.3 Å². The normalized spacial score (nSPS) is 11.1. The van der Waals surface area contributed by atoms with E-state index in [1.807, 2.05) is 42.6 Å². The Morgan fingerprint density at radius 2 is 1.61 bits per heavy atom. The van der Waals surface area contributed by atoms with E-state index in [1.54, 1.807) is 24.3 Å². The zero-order chi connectivity index (χ0) is 21.6. The number of carboxylic acid groups (broad SMARTS) is 1. The third-order valence-corrected chi connectivity index (χ3v) is 5.21. The smallest absolute Gasteiger partial charge is 0.335 e. The summed E-state index contributed by atoms with van der Waals surface area (Å²) in [4.78, 5) is 15.7. The van der Waals surface area contributed by atoms with Gasteiger partial charge >= 0.3 is 5.97 Å². The number of benzene rings is 4. The maximum absolute atomic E-state index is 11.0. The second-order valence-electron chi connectivity index (χ2n) is 7.27. The Labute approximate surface area is 181 Å². The molecule has 0 unspecified atom stereocenters. The second kappa shape index (κ2) is 9.26. The molecule has 0 saturated heterocycles. The van der Waals surface area contributed by atoms with Gasteiger partial charge in [-0.3, -0.25) is 4.99 Å². The van der Waals surface area contributed by atoms with Gasteiger partial charge in [0.1, 0.15) is 12.4 Å². The van der Waals surface area contributed by atoms with Gasteiger partial charge in [-0.25, -0.2) is 4.79 Å². The highest BCUT2D eigenvalue weighted by molar-refractivity contribution is 6.03. The summed E-state index contributed by atoms with van der Waals surface area (Å²) in [7, 11) is 0. The molecule has 0 atom stereocenters. The number of nitrogens with zero attached hydrogens (tertiary/aromatic N) is 1. The van der Waals surface area contributed by atoms with E-state index in [-0.39, 0.29) is 5.56 Å². The highest BCUT2D eigenvalue weighted by Crippen LogP contribution is 2.28. The molecule has 4 nitrogen and oxygen atoms in total. The average molecular weight is 409 g/mol. The number of fused-ring (bicyclic) bond motifs is 1. The van der Waals surface area contributed by atoms with Gasteiger partial charge in [0, 0.05) is 11.8 Å². The summed E-state index contributed by atoms with van der Waals surface area (Å²) < 4.78 is 6.12. The van der Waals surface area contributed by atoms with E-state index in [0.717, 1.165) is 39.8 Å². The Morgan fingerprint density at radius 1 is 0.903 bits per heavy atom. The molecule has 1 N–H and O–H groups in total. The van der Waals surface area contributed by atoms with Crippen LogP contribution in [0.4, 0.5) is 5.69 Å². The van der Waals surface area contributed by atoms with Crippen molar-refractivity contribution < 1.29 is 14.6 Å². The van der Waals surface area contributed by atoms with E-state index < -0.39 is 5.97 Å². The van der Waals surface area contributed by atoms with E-state index in [4.69, 9.17) is 9.84 Å². The number of ether oxygens (including phenoxy) is 1. The molecule has 0 heterocycles. The summed E-state index contributed by atoms with van der Waals surface area (Å²) in [6, 6.07) is 27.1. The van der Waals surface area contributed by atoms with Gasteiger partial charge in [0.25, 0.3) is 0 Å².